The molecule has 0 bridgehead atoms. The molecule has 6 N–H and O–H groups in total. The number of hydrogen-bond donors (Lipinski definition) is 6. The number of halogens is 3. The Kier molecular flexibility index (Phi) is 14.1. The monoisotopic (exact) mass is 995 g/mol. The predicted octanol–water partition coefficient (Wildman–Crippen LogP) is 4.61. The van der Waals surface area contributed by atoms with Crippen LogP contribution in [0.5, 0.6) is 11.5 Å². The molecule has 0 saturated heterocycles. The Balaban J connectivity index is 1.18. The number of aromatic hydroxyl groups is 2. The number of phenols is 2. The number of benzene rings is 3. The third kappa shape index (κ3) is 9.58. The number of rotatable bonds is 15. The number of anilines is 2. The van der Waals surface area contributed by atoms with Gasteiger partial charge in [-0.1, -0.05) is 27.7 Å². The first kappa shape index (κ1) is 46.7. The lowest BCUT2D eigenvalue weighted by Gasteiger charge is -2.22. The van der Waals surface area contributed by atoms with E-state index >= 15 is 4.39 Å². The van der Waals surface area contributed by atoms with E-state index in [1.807, 2.05) is 36.4 Å². The maximum Gasteiger partial charge on any atom is 0.329 e. The van der Waals surface area contributed by atoms with E-state index in [2.05, 4.69) is 31.1 Å². The Morgan fingerprint density at radius 3 is 2.27 bits per heavy atom. The number of esters is 1. The number of carbonyl (C=O) groups excluding carboxylic acids is 3. The summed E-state index contributed by atoms with van der Waals surface area (Å²) in [6.07, 6.45) is -0.484. The van der Waals surface area contributed by atoms with Crippen LogP contribution in [0.25, 0.3) is 28.1 Å². The van der Waals surface area contributed by atoms with Crippen LogP contribution < -0.4 is 27.1 Å². The van der Waals surface area contributed by atoms with Gasteiger partial charge in [0.15, 0.2) is 11.5 Å². The van der Waals surface area contributed by atoms with Gasteiger partial charge in [0.05, 0.1) is 23.5 Å². The van der Waals surface area contributed by atoms with Crippen LogP contribution in [0.3, 0.4) is 0 Å². The number of hydrogen-bond acceptors (Lipinski definition) is 13. The molecule has 0 aliphatic heterocycles. The minimum Gasteiger partial charge on any atom is -0.508 e. The Morgan fingerprint density at radius 1 is 0.922 bits per heavy atom. The molecular formula is C43H44F2IN9O9. The number of aliphatic hydroxyl groups excluding tert-OH is 1. The van der Waals surface area contributed by atoms with Gasteiger partial charge in [0.2, 0.25) is 11.6 Å². The highest BCUT2D eigenvalue weighted by molar-refractivity contribution is 14.1. The number of ether oxygens (including phenoxy) is 1. The van der Waals surface area contributed by atoms with Gasteiger partial charge >= 0.3 is 5.97 Å². The number of pyridine rings is 1. The van der Waals surface area contributed by atoms with Crippen LogP contribution in [0.4, 0.5) is 20.2 Å². The number of aryl methyl sites for hydroxylation is 1. The van der Waals surface area contributed by atoms with Crippen molar-refractivity contribution in [2.24, 2.45) is 13.0 Å². The molecule has 64 heavy (non-hydrogen) atoms. The summed E-state index contributed by atoms with van der Waals surface area (Å²) in [6.45, 7) is 7.91. The van der Waals surface area contributed by atoms with Crippen molar-refractivity contribution in [3.05, 3.63) is 114 Å². The van der Waals surface area contributed by atoms with Gasteiger partial charge in [0, 0.05) is 34.5 Å². The number of nitrogens with one attached hydrogen (secondary N) is 3. The summed E-state index contributed by atoms with van der Waals surface area (Å²) in [6, 6.07) is 11.5. The van der Waals surface area contributed by atoms with Crippen LogP contribution in [-0.2, 0) is 23.1 Å². The van der Waals surface area contributed by atoms with E-state index in [1.54, 1.807) is 26.8 Å². The maximum absolute atomic E-state index is 15.4. The number of aromatic nitrogens is 6. The van der Waals surface area contributed by atoms with Crippen molar-refractivity contribution in [1.82, 2.24) is 39.5 Å². The number of fused-ring (bicyclic) bond motifs is 1. The Labute approximate surface area is 377 Å². The van der Waals surface area contributed by atoms with Gasteiger partial charge < -0.3 is 36.0 Å². The van der Waals surface area contributed by atoms with Gasteiger partial charge in [-0.3, -0.25) is 32.9 Å². The fourth-order valence-electron chi connectivity index (χ4n) is 6.74. The first-order valence-corrected chi connectivity index (χ1v) is 21.0. The van der Waals surface area contributed by atoms with Gasteiger partial charge in [-0.2, -0.15) is 4.39 Å². The lowest BCUT2D eigenvalue weighted by Crippen LogP contribution is -2.46. The van der Waals surface area contributed by atoms with E-state index in [4.69, 9.17) is 4.74 Å². The highest BCUT2D eigenvalue weighted by Gasteiger charge is 2.29. The normalized spacial score (nSPS) is 12.4. The van der Waals surface area contributed by atoms with Gasteiger partial charge in [-0.25, -0.2) is 14.2 Å². The van der Waals surface area contributed by atoms with E-state index in [-0.39, 0.29) is 58.1 Å². The Hall–Kier alpha value is -6.75. The summed E-state index contributed by atoms with van der Waals surface area (Å²) in [5, 5.41) is 47.9. The van der Waals surface area contributed by atoms with Crippen molar-refractivity contribution in [3.8, 4) is 28.6 Å². The van der Waals surface area contributed by atoms with Crippen LogP contribution >= 0.6 is 22.6 Å². The number of carbonyl (C=O) groups is 3. The SMILES string of the molecule is CCNC(=O)c1nnc(-c2cc(C(C)C)c(O)cc2O)n1-c1ccc(C(=O)NC(C(=O)OC[C@H](O)Cn2cnc3c(c(Nc4ccc(I)cc4F)c(F)c(=O)n3C)c2=O)C(C)C)cc1. The standard InChI is InChI=1S/C43H44F2IN9O9/c1-7-47-40(60)38-52-51-36(27-15-26(20(2)3)30(57)16-31(27)58)55(38)24-11-8-22(9-12-24)39(59)50-34(21(4)5)43(63)64-18-25(56)17-54-19-48-37-32(41(54)61)35(33(45)42(62)53(37)6)49-29-13-10-23(46)14-28(29)44/h8-16,19-21,25,34,49,56-58H,7,17-18H2,1-6H3,(H,47,60)(H,50,59)/t25-,34?/m1/s1. The highest BCUT2D eigenvalue weighted by Crippen LogP contribution is 2.38. The molecule has 336 valence electrons. The third-order valence-electron chi connectivity index (χ3n) is 10.1. The summed E-state index contributed by atoms with van der Waals surface area (Å²) in [5.41, 5.74) is -1.88. The molecule has 0 spiro atoms. The van der Waals surface area contributed by atoms with Crippen LogP contribution in [-0.4, -0.2) is 87.3 Å². The molecule has 3 aromatic heterocycles. The second-order valence-corrected chi connectivity index (χ2v) is 16.6. The van der Waals surface area contributed by atoms with Gasteiger partial charge in [-0.05, 0) is 95.4 Å². The van der Waals surface area contributed by atoms with Crippen molar-refractivity contribution >= 4 is 62.8 Å². The van der Waals surface area contributed by atoms with Crippen LogP contribution in [0.1, 0.15) is 67.1 Å². The first-order valence-electron chi connectivity index (χ1n) is 19.9. The maximum atomic E-state index is 15.4. The average molecular weight is 996 g/mol. The number of aliphatic hydroxyl groups is 1. The van der Waals surface area contributed by atoms with Crippen molar-refractivity contribution in [2.75, 3.05) is 18.5 Å². The van der Waals surface area contributed by atoms with E-state index in [0.29, 0.717) is 14.8 Å². The molecule has 3 aromatic carbocycles. The second-order valence-electron chi connectivity index (χ2n) is 15.4. The summed E-state index contributed by atoms with van der Waals surface area (Å²) >= 11 is 1.88. The lowest BCUT2D eigenvalue weighted by atomic mass is 9.98. The van der Waals surface area contributed by atoms with Gasteiger partial charge in [-0.15, -0.1) is 10.2 Å². The van der Waals surface area contributed by atoms with E-state index in [9.17, 15) is 43.7 Å². The first-order chi connectivity index (χ1) is 30.3. The summed E-state index contributed by atoms with van der Waals surface area (Å²) in [7, 11) is 1.21. The molecule has 1 unspecified atom stereocenters. The molecule has 0 saturated carbocycles. The van der Waals surface area contributed by atoms with Gasteiger partial charge in [0.25, 0.3) is 22.9 Å². The smallest absolute Gasteiger partial charge is 0.329 e. The molecule has 0 fully saturated rings. The lowest BCUT2D eigenvalue weighted by molar-refractivity contribution is -0.150. The van der Waals surface area contributed by atoms with E-state index in [1.165, 1.54) is 60.1 Å². The molecule has 3 heterocycles. The van der Waals surface area contributed by atoms with Gasteiger partial charge in [0.1, 0.15) is 47.8 Å². The Bertz CT molecular complexity index is 2900. The highest BCUT2D eigenvalue weighted by atomic mass is 127. The zero-order valence-electron chi connectivity index (χ0n) is 35.3. The largest absolute Gasteiger partial charge is 0.508 e. The van der Waals surface area contributed by atoms with Crippen LogP contribution in [0, 0.1) is 21.1 Å². The predicted molar refractivity (Wildman–Crippen MR) is 239 cm³/mol. The van der Waals surface area contributed by atoms with Crippen LogP contribution in [0.2, 0.25) is 0 Å². The summed E-state index contributed by atoms with van der Waals surface area (Å²) in [4.78, 5) is 70.5. The fourth-order valence-corrected chi connectivity index (χ4v) is 7.20. The third-order valence-corrected chi connectivity index (χ3v) is 10.8. The summed E-state index contributed by atoms with van der Waals surface area (Å²) < 4.78 is 39.2. The van der Waals surface area contributed by atoms with Crippen LogP contribution in [0.15, 0.2) is 70.5 Å². The summed E-state index contributed by atoms with van der Waals surface area (Å²) in [5.74, 6) is -5.34. The molecule has 0 aliphatic carbocycles. The molecule has 6 rings (SSSR count). The Morgan fingerprint density at radius 2 is 1.62 bits per heavy atom. The van der Waals surface area contributed by atoms with E-state index in [0.717, 1.165) is 15.5 Å². The fraction of sp³-hybridized carbons (Fsp3) is 0.302. The van der Waals surface area contributed by atoms with Crippen molar-refractivity contribution in [3.63, 3.8) is 0 Å². The molecule has 21 heteroatoms. The second kappa shape index (κ2) is 19.3. The van der Waals surface area contributed by atoms with Crippen molar-refractivity contribution in [1.29, 1.82) is 0 Å². The number of amides is 2. The molecule has 6 aromatic rings. The molecule has 0 radical (unpaired) electrons. The zero-order chi connectivity index (χ0) is 46.7. The molecule has 2 amide bonds. The number of nitrogens with zero attached hydrogens (tertiary/aromatic N) is 6. The molecular weight excluding hydrogens is 951 g/mol. The zero-order valence-corrected chi connectivity index (χ0v) is 37.5. The van der Waals surface area contributed by atoms with E-state index < -0.39 is 82.8 Å². The quantitative estimate of drug-likeness (QED) is 0.0609. The molecule has 2 atom stereocenters. The molecule has 0 aliphatic rings. The minimum atomic E-state index is -1.51. The average Bonchev–Trinajstić information content (AvgIpc) is 3.69. The molecule has 18 nitrogen and oxygen atoms in total. The van der Waals surface area contributed by atoms with Crippen molar-refractivity contribution in [2.45, 2.75) is 59.2 Å². The number of phenolic OH excluding ortho intramolecular Hbond substituents is 2. The minimum absolute atomic E-state index is 0.0848. The van der Waals surface area contributed by atoms with Crippen molar-refractivity contribution < 1.29 is 43.2 Å². The topological polar surface area (TPSA) is 245 Å².